The number of carbonyl (C=O) groups excluding carboxylic acids is 1. The molecular weight excluding hydrogens is 422 g/mol. The Hall–Kier alpha value is -1.79. The fraction of sp³-hybridized carbons (Fsp3) is 0.118. The van der Waals surface area contributed by atoms with Gasteiger partial charge in [0.25, 0.3) is 5.56 Å². The number of nitrogens with zero attached hydrogens (tertiary/aromatic N) is 2. The SMILES string of the molecule is COC(=O)c1nn(Cc2ccc(Cl)c(Cl)c2)c(=O)c2cc(Cl)c(Cl)cc12. The monoisotopic (exact) mass is 430 g/mol. The van der Waals surface area contributed by atoms with Crippen LogP contribution in [0.2, 0.25) is 20.1 Å². The van der Waals surface area contributed by atoms with E-state index in [0.717, 1.165) is 4.68 Å². The van der Waals surface area contributed by atoms with Crippen LogP contribution in [0.1, 0.15) is 16.1 Å². The molecule has 0 bridgehead atoms. The lowest BCUT2D eigenvalue weighted by atomic mass is 10.1. The van der Waals surface area contributed by atoms with Gasteiger partial charge >= 0.3 is 5.97 Å². The van der Waals surface area contributed by atoms with Crippen LogP contribution in [0.25, 0.3) is 10.8 Å². The van der Waals surface area contributed by atoms with Crippen LogP contribution in [0, 0.1) is 0 Å². The molecule has 3 rings (SSSR count). The fourth-order valence-electron chi connectivity index (χ4n) is 2.44. The summed E-state index contributed by atoms with van der Waals surface area (Å²) in [5.74, 6) is -0.698. The molecule has 5 nitrogen and oxygen atoms in total. The molecule has 0 aliphatic rings. The van der Waals surface area contributed by atoms with Crippen LogP contribution in [0.5, 0.6) is 0 Å². The molecule has 3 aromatic rings. The van der Waals surface area contributed by atoms with Gasteiger partial charge in [0.1, 0.15) is 0 Å². The molecule has 2 aromatic carbocycles. The lowest BCUT2D eigenvalue weighted by molar-refractivity contribution is 0.0593. The molecule has 26 heavy (non-hydrogen) atoms. The van der Waals surface area contributed by atoms with Crippen molar-refractivity contribution in [3.63, 3.8) is 0 Å². The van der Waals surface area contributed by atoms with E-state index in [4.69, 9.17) is 51.1 Å². The normalized spacial score (nSPS) is 11.0. The van der Waals surface area contributed by atoms with Crippen molar-refractivity contribution in [2.45, 2.75) is 6.54 Å². The van der Waals surface area contributed by atoms with Gasteiger partial charge in [-0.05, 0) is 29.8 Å². The number of benzene rings is 2. The van der Waals surface area contributed by atoms with Crippen molar-refractivity contribution in [3.8, 4) is 0 Å². The number of esters is 1. The van der Waals surface area contributed by atoms with Gasteiger partial charge in [-0.3, -0.25) is 4.79 Å². The zero-order chi connectivity index (χ0) is 19.0. The smallest absolute Gasteiger partial charge is 0.359 e. The highest BCUT2D eigenvalue weighted by Crippen LogP contribution is 2.28. The van der Waals surface area contributed by atoms with Gasteiger partial charge in [0.2, 0.25) is 0 Å². The third-order valence-corrected chi connectivity index (χ3v) is 5.16. The first kappa shape index (κ1) is 19.0. The summed E-state index contributed by atoms with van der Waals surface area (Å²) in [5.41, 5.74) is 0.210. The molecule has 0 saturated heterocycles. The average Bonchev–Trinajstić information content (AvgIpc) is 2.61. The van der Waals surface area contributed by atoms with Crippen LogP contribution < -0.4 is 5.56 Å². The van der Waals surface area contributed by atoms with E-state index in [2.05, 4.69) is 5.10 Å². The first-order valence-corrected chi connectivity index (χ1v) is 8.75. The van der Waals surface area contributed by atoms with Crippen LogP contribution in [0.4, 0.5) is 0 Å². The molecular formula is C17H10Cl4N2O3. The molecule has 0 aliphatic carbocycles. The predicted octanol–water partition coefficient (Wildman–Crippen LogP) is 4.85. The summed E-state index contributed by atoms with van der Waals surface area (Å²) in [7, 11) is 1.22. The summed E-state index contributed by atoms with van der Waals surface area (Å²) in [5, 5.41) is 5.75. The molecule has 0 aliphatic heterocycles. The molecule has 0 unspecified atom stereocenters. The number of halogens is 4. The second kappa shape index (κ2) is 7.45. The number of carbonyl (C=O) groups is 1. The van der Waals surface area contributed by atoms with Gasteiger partial charge in [-0.1, -0.05) is 52.5 Å². The Labute approximate surface area is 168 Å². The molecule has 1 aromatic heterocycles. The Morgan fingerprint density at radius 3 is 2.23 bits per heavy atom. The second-order valence-electron chi connectivity index (χ2n) is 5.36. The van der Waals surface area contributed by atoms with Crippen LogP contribution in [0.15, 0.2) is 35.1 Å². The molecule has 0 spiro atoms. The first-order chi connectivity index (χ1) is 12.3. The zero-order valence-electron chi connectivity index (χ0n) is 13.2. The third-order valence-electron chi connectivity index (χ3n) is 3.70. The van der Waals surface area contributed by atoms with Gasteiger partial charge in [-0.15, -0.1) is 0 Å². The number of rotatable bonds is 3. The second-order valence-corrected chi connectivity index (χ2v) is 6.99. The number of hydrogen-bond acceptors (Lipinski definition) is 4. The van der Waals surface area contributed by atoms with Gasteiger partial charge in [0.05, 0.1) is 39.1 Å². The summed E-state index contributed by atoms with van der Waals surface area (Å²) in [4.78, 5) is 24.9. The van der Waals surface area contributed by atoms with Crippen molar-refractivity contribution in [1.82, 2.24) is 9.78 Å². The minimum Gasteiger partial charge on any atom is -0.464 e. The predicted molar refractivity (Wildman–Crippen MR) is 103 cm³/mol. The van der Waals surface area contributed by atoms with Crippen LogP contribution in [-0.2, 0) is 11.3 Å². The topological polar surface area (TPSA) is 61.2 Å². The molecule has 9 heteroatoms. The Morgan fingerprint density at radius 2 is 1.62 bits per heavy atom. The van der Waals surface area contributed by atoms with Crippen molar-refractivity contribution < 1.29 is 9.53 Å². The largest absolute Gasteiger partial charge is 0.464 e. The summed E-state index contributed by atoms with van der Waals surface area (Å²) < 4.78 is 5.90. The molecule has 0 saturated carbocycles. The van der Waals surface area contributed by atoms with E-state index >= 15 is 0 Å². The maximum absolute atomic E-state index is 12.8. The number of aromatic nitrogens is 2. The highest BCUT2D eigenvalue weighted by Gasteiger charge is 2.19. The maximum atomic E-state index is 12.8. The molecule has 0 amide bonds. The molecule has 0 radical (unpaired) electrons. The Kier molecular flexibility index (Phi) is 5.44. The van der Waals surface area contributed by atoms with Gasteiger partial charge in [0, 0.05) is 5.39 Å². The standard InChI is InChI=1S/C17H10Cl4N2O3/c1-26-17(25)15-9-5-13(20)14(21)6-10(9)16(24)23(22-15)7-8-2-3-11(18)12(19)4-8/h2-6H,7H2,1H3. The molecule has 134 valence electrons. The van der Waals surface area contributed by atoms with Crippen molar-refractivity contribution >= 4 is 63.1 Å². The van der Waals surface area contributed by atoms with E-state index in [-0.39, 0.29) is 33.1 Å². The highest BCUT2D eigenvalue weighted by molar-refractivity contribution is 6.43. The number of ether oxygens (including phenoxy) is 1. The molecule has 1 heterocycles. The van der Waals surface area contributed by atoms with Crippen molar-refractivity contribution in [3.05, 3.63) is 72.0 Å². The summed E-state index contributed by atoms with van der Waals surface area (Å²) in [6.45, 7) is 0.0793. The third kappa shape index (κ3) is 3.53. The zero-order valence-corrected chi connectivity index (χ0v) is 16.2. The Balaban J connectivity index is 2.23. The van der Waals surface area contributed by atoms with Crippen LogP contribution in [-0.4, -0.2) is 22.9 Å². The fourth-order valence-corrected chi connectivity index (χ4v) is 3.09. The van der Waals surface area contributed by atoms with E-state index in [1.807, 2.05) is 0 Å². The molecule has 0 atom stereocenters. The Bertz CT molecular complexity index is 1100. The number of methoxy groups -OCH3 is 1. The van der Waals surface area contributed by atoms with Crippen LogP contribution >= 0.6 is 46.4 Å². The Morgan fingerprint density at radius 1 is 1.00 bits per heavy atom. The maximum Gasteiger partial charge on any atom is 0.359 e. The first-order valence-electron chi connectivity index (χ1n) is 7.24. The van der Waals surface area contributed by atoms with Crippen molar-refractivity contribution in [2.75, 3.05) is 7.11 Å². The van der Waals surface area contributed by atoms with Gasteiger partial charge in [-0.25, -0.2) is 9.48 Å². The molecule has 0 fully saturated rings. The van der Waals surface area contributed by atoms with E-state index in [1.165, 1.54) is 19.2 Å². The lowest BCUT2D eigenvalue weighted by Crippen LogP contribution is -2.27. The minimum atomic E-state index is -0.698. The van der Waals surface area contributed by atoms with E-state index < -0.39 is 11.5 Å². The summed E-state index contributed by atoms with van der Waals surface area (Å²) in [6, 6.07) is 7.77. The highest BCUT2D eigenvalue weighted by atomic mass is 35.5. The summed E-state index contributed by atoms with van der Waals surface area (Å²) >= 11 is 24.0. The van der Waals surface area contributed by atoms with Crippen LogP contribution in [0.3, 0.4) is 0 Å². The van der Waals surface area contributed by atoms with Gasteiger partial charge in [-0.2, -0.15) is 5.10 Å². The van der Waals surface area contributed by atoms with Gasteiger partial charge < -0.3 is 4.74 Å². The number of hydrogen-bond donors (Lipinski definition) is 0. The van der Waals surface area contributed by atoms with E-state index in [9.17, 15) is 9.59 Å². The van der Waals surface area contributed by atoms with Gasteiger partial charge in [0.15, 0.2) is 5.69 Å². The number of fused-ring (bicyclic) bond motifs is 1. The van der Waals surface area contributed by atoms with Crippen molar-refractivity contribution in [2.24, 2.45) is 0 Å². The van der Waals surface area contributed by atoms with E-state index in [0.29, 0.717) is 15.6 Å². The molecule has 0 N–H and O–H groups in total. The lowest BCUT2D eigenvalue weighted by Gasteiger charge is -2.11. The van der Waals surface area contributed by atoms with E-state index in [1.54, 1.807) is 18.2 Å². The average molecular weight is 432 g/mol. The quantitative estimate of drug-likeness (QED) is 0.556. The minimum absolute atomic E-state index is 0.0410. The summed E-state index contributed by atoms with van der Waals surface area (Å²) in [6.07, 6.45) is 0. The van der Waals surface area contributed by atoms with Crippen molar-refractivity contribution in [1.29, 1.82) is 0 Å².